The van der Waals surface area contributed by atoms with Gasteiger partial charge in [-0.1, -0.05) is 0 Å². The highest BCUT2D eigenvalue weighted by Crippen LogP contribution is 2.45. The number of benzene rings is 2. The first-order valence-corrected chi connectivity index (χ1v) is 42.4. The molecule has 0 unspecified atom stereocenters. The van der Waals surface area contributed by atoms with Gasteiger partial charge < -0.3 is 93.4 Å². The Hall–Kier alpha value is -10.9. The number of fused-ring (bicyclic) bond motifs is 2. The van der Waals surface area contributed by atoms with Crippen LogP contribution in [0.25, 0.3) is 0 Å². The van der Waals surface area contributed by atoms with Gasteiger partial charge in [0, 0.05) is 44.0 Å². The van der Waals surface area contributed by atoms with Crippen molar-refractivity contribution in [2.75, 3.05) is 13.1 Å². The van der Waals surface area contributed by atoms with E-state index in [1.807, 2.05) is 27.7 Å². The first-order chi connectivity index (χ1) is 55.3. The summed E-state index contributed by atoms with van der Waals surface area (Å²) in [5, 5.41) is 33.3. The van der Waals surface area contributed by atoms with Crippen LogP contribution in [0.15, 0.2) is 19.8 Å². The number of nitrogens with two attached hydrogens (primary N) is 2. The molecule has 0 saturated heterocycles. The Labute approximate surface area is 706 Å². The van der Waals surface area contributed by atoms with Crippen molar-refractivity contribution in [2.24, 2.45) is 21.5 Å². The van der Waals surface area contributed by atoms with E-state index in [2.05, 4.69) is 72.6 Å². The van der Waals surface area contributed by atoms with Gasteiger partial charge in [-0.25, -0.2) is 26.3 Å². The Balaban J connectivity index is 1.66. The summed E-state index contributed by atoms with van der Waals surface area (Å²) in [5.41, 5.74) is 12.2. The van der Waals surface area contributed by atoms with E-state index in [0.717, 1.165) is 34.6 Å². The summed E-state index contributed by atoms with van der Waals surface area (Å²) in [6.07, 6.45) is -2.56. The van der Waals surface area contributed by atoms with E-state index in [9.17, 15) is 89.1 Å². The van der Waals surface area contributed by atoms with E-state index >= 15 is 0 Å². The topological polar surface area (TPSA) is 595 Å². The molecule has 2 heterocycles. The molecule has 10 amide bonds. The number of sulfonamides is 2. The molecule has 4 rings (SSSR count). The summed E-state index contributed by atoms with van der Waals surface area (Å²) in [7, 11) is -8.79. The number of guanidine groups is 2. The molecule has 40 nitrogen and oxygen atoms in total. The maximum atomic E-state index is 14.5. The second-order valence-electron chi connectivity index (χ2n) is 34.5. The molecule has 0 bridgehead atoms. The highest BCUT2D eigenvalue weighted by Gasteiger charge is 2.41. The number of nitrogens with one attached hydrogen (secondary N) is 12. The third kappa shape index (κ3) is 31.2. The summed E-state index contributed by atoms with van der Waals surface area (Å²) in [6, 6.07) is -16.5. The zero-order chi connectivity index (χ0) is 92.7. The maximum absolute atomic E-state index is 14.5. The van der Waals surface area contributed by atoms with Gasteiger partial charge in [0.2, 0.25) is 71.0 Å². The molecule has 2 aromatic carbocycles. The van der Waals surface area contributed by atoms with Crippen LogP contribution < -0.4 is 83.6 Å². The first kappa shape index (κ1) is 102. The number of hydrogen-bond donors (Lipinski definition) is 15. The predicted molar refractivity (Wildman–Crippen MR) is 443 cm³/mol. The third-order valence-corrected chi connectivity index (χ3v) is 22.1. The van der Waals surface area contributed by atoms with E-state index in [4.69, 9.17) is 35.2 Å². The number of amides is 10. The van der Waals surface area contributed by atoms with Crippen molar-refractivity contribution in [3.63, 3.8) is 0 Å². The number of nitrogens with zero attached hydrogens (tertiary/aromatic N) is 2. The zero-order valence-electron chi connectivity index (χ0n) is 73.8. The number of ether oxygens (including phenoxy) is 5. The number of esters is 3. The van der Waals surface area contributed by atoms with Gasteiger partial charge >= 0.3 is 23.9 Å². The van der Waals surface area contributed by atoms with Gasteiger partial charge in [0.05, 0.1) is 29.1 Å². The molecule has 0 saturated carbocycles. The van der Waals surface area contributed by atoms with Crippen molar-refractivity contribution in [3.8, 4) is 11.5 Å². The highest BCUT2D eigenvalue weighted by molar-refractivity contribution is 7.90. The number of carbonyl (C=O) groups is 14. The second-order valence-corrected chi connectivity index (χ2v) is 37.7. The monoisotopic (exact) mass is 1740 g/mol. The molecule has 2 aliphatic heterocycles. The molecule has 10 atom stereocenters. The lowest BCUT2D eigenvalue weighted by Crippen LogP contribution is -2.60. The van der Waals surface area contributed by atoms with Crippen LogP contribution in [0.5, 0.6) is 11.5 Å². The molecule has 0 aromatic heterocycles. The van der Waals surface area contributed by atoms with Crippen LogP contribution in [0.1, 0.15) is 221 Å². The third-order valence-electron chi connectivity index (χ3n) is 18.8. The lowest BCUT2D eigenvalue weighted by molar-refractivity contribution is -0.157. The van der Waals surface area contributed by atoms with Gasteiger partial charge in [0.1, 0.15) is 99.9 Å². The van der Waals surface area contributed by atoms with Crippen molar-refractivity contribution in [1.82, 2.24) is 62.6 Å². The van der Waals surface area contributed by atoms with Gasteiger partial charge in [0.25, 0.3) is 20.0 Å². The standard InChI is InChI=1S/C79H124N16O24S2/c1-37-39(3)61(41(5)49-35-78(22,23)118-59(37)49)120(111,112)94-73(80)82-30-26-28-51(90-63(100)43(7)86-69(106)53(89-48(12)96)32-56(97)115-75(13,14)15)67(104)84-45(9)65(102)92-54(33-57(98)116-76(16,17)18)70(107)87-44(8)64(101)91-52(68(105)85-46(10)66(103)93-55(34-58(99)117-77(19,20)21)71(108)88-47(11)72(109)110)29-27-31-83-74(81)95-121(113,114)62-40(4)38(2)60-50(42(62)6)36-79(24,25)119-60/h43-47,51-55H,26-36H2,1-25H3,(H,84,104)(H,85,105)(H,86,106)(H,87,107)(H,88,108)(H,89,96)(H,90,100)(H,91,101)(H,92,102)(H,93,103)(H,109,110)(H3,80,82,94)(H3,81,83,95)/t43-,44-,45-,46-,47-,51-,52-,53-,54-,55-/m0/s1. The van der Waals surface area contributed by atoms with Crippen molar-refractivity contribution >= 4 is 115 Å². The largest absolute Gasteiger partial charge is 0.487 e. The summed E-state index contributed by atoms with van der Waals surface area (Å²) in [6.45, 7) is 37.6. The van der Waals surface area contributed by atoms with Gasteiger partial charge in [-0.2, -0.15) is 0 Å². The molecule has 2 aromatic rings. The highest BCUT2D eigenvalue weighted by atomic mass is 32.2. The fourth-order valence-corrected chi connectivity index (χ4v) is 15.9. The van der Waals surface area contributed by atoms with E-state index in [1.165, 1.54) is 48.5 Å². The number of carboxylic acid groups (broad SMARTS) is 1. The van der Waals surface area contributed by atoms with Crippen LogP contribution in [0.3, 0.4) is 0 Å². The van der Waals surface area contributed by atoms with E-state index in [0.29, 0.717) is 68.8 Å². The van der Waals surface area contributed by atoms with Crippen LogP contribution in [-0.2, 0) is 114 Å². The normalized spacial score (nSPS) is 16.3. The number of carboxylic acids is 1. The molecule has 676 valence electrons. The average molecular weight is 1750 g/mol. The Morgan fingerprint density at radius 2 is 0.661 bits per heavy atom. The quantitative estimate of drug-likeness (QED) is 0.0144. The summed E-state index contributed by atoms with van der Waals surface area (Å²) < 4.78 is 89.2. The predicted octanol–water partition coefficient (Wildman–Crippen LogP) is 0.658. The fraction of sp³-hybridized carbons (Fsp3) is 0.646. The van der Waals surface area contributed by atoms with E-state index in [1.54, 1.807) is 62.3 Å². The molecule has 2 aliphatic rings. The Kier molecular flexibility index (Phi) is 35.2. The molecule has 17 N–H and O–H groups in total. The minimum Gasteiger partial charge on any atom is -0.487 e. The van der Waals surface area contributed by atoms with E-state index in [-0.39, 0.29) is 48.6 Å². The van der Waals surface area contributed by atoms with Gasteiger partial charge in [-0.3, -0.25) is 77.1 Å². The zero-order valence-corrected chi connectivity index (χ0v) is 75.4. The Morgan fingerprint density at radius 1 is 0.405 bits per heavy atom. The summed E-state index contributed by atoms with van der Waals surface area (Å²) >= 11 is 0. The van der Waals surface area contributed by atoms with Crippen LogP contribution in [-0.4, -0.2) is 218 Å². The molecular weight excluding hydrogens is 1620 g/mol. The molecule has 42 heteroatoms. The molecule has 121 heavy (non-hydrogen) atoms. The van der Waals surface area contributed by atoms with E-state index < -0.39 is 223 Å². The fourth-order valence-electron chi connectivity index (χ4n) is 12.9. The van der Waals surface area contributed by atoms with Gasteiger partial charge in [0.15, 0.2) is 0 Å². The lowest BCUT2D eigenvalue weighted by atomic mass is 9.94. The van der Waals surface area contributed by atoms with Crippen LogP contribution >= 0.6 is 0 Å². The maximum Gasteiger partial charge on any atom is 0.325 e. The second kappa shape index (κ2) is 41.6. The van der Waals surface area contributed by atoms with Crippen molar-refractivity contribution < 1.29 is 113 Å². The van der Waals surface area contributed by atoms with Crippen LogP contribution in [0.4, 0.5) is 0 Å². The van der Waals surface area contributed by atoms with Gasteiger partial charge in [-0.15, -0.1) is 0 Å². The van der Waals surface area contributed by atoms with Crippen LogP contribution in [0.2, 0.25) is 0 Å². The first-order valence-electron chi connectivity index (χ1n) is 39.4. The van der Waals surface area contributed by atoms with Crippen molar-refractivity contribution in [3.05, 3.63) is 44.5 Å². The molecule has 0 fully saturated rings. The molecular formula is C79H124N16O24S2. The number of hydrogen-bond acceptors (Lipinski definition) is 25. The Morgan fingerprint density at radius 3 is 0.926 bits per heavy atom. The number of carbonyl (C=O) groups excluding carboxylic acids is 13. The van der Waals surface area contributed by atoms with Crippen molar-refractivity contribution in [2.45, 2.75) is 329 Å². The molecule has 0 spiro atoms. The number of rotatable bonds is 38. The van der Waals surface area contributed by atoms with Gasteiger partial charge in [-0.05, 0) is 225 Å². The average Bonchev–Trinajstić information content (AvgIpc) is 1.63. The SMILES string of the molecule is CC(=O)N[C@@H](CC(=O)OC(C)(C)C)C(=O)N[C@@H](C)C(=O)N[C@@H](CCCN=C(N)NS(=O)(=O)c1c(C)c(C)c2c(c1C)CC(C)(C)O2)C(=O)N[C@@H](C)C(=O)N[C@@H](CC(=O)OC(C)(C)C)C(=O)N[C@@H](C)C(=O)N[C@@H](CCCN=C(N)NS(=O)(=O)c1c(C)c(C)c2c(c1C)CC(C)(C)O2)C(=O)N[C@@H](C)C(=O)N[C@@H](CC(=O)OC(C)(C)C)C(=O)N[C@@H](C)C(=O)O. The lowest BCUT2D eigenvalue weighted by Gasteiger charge is -2.27. The van der Waals surface area contributed by atoms with Crippen LogP contribution in [0, 0.1) is 41.5 Å². The number of aliphatic imine (C=N–C) groups is 2. The smallest absolute Gasteiger partial charge is 0.325 e. The molecule has 0 aliphatic carbocycles. The summed E-state index contributed by atoms with van der Waals surface area (Å²) in [5.74, 6) is -14.9. The minimum absolute atomic E-state index is 0.0356. The minimum atomic E-state index is -4.40. The molecule has 0 radical (unpaired) electrons. The Bertz CT molecular complexity index is 4620. The number of aliphatic carboxylic acids is 1. The summed E-state index contributed by atoms with van der Waals surface area (Å²) in [4.78, 5) is 199. The van der Waals surface area contributed by atoms with Crippen molar-refractivity contribution in [1.29, 1.82) is 0 Å².